The number of carbonyl (C=O) groups excluding carboxylic acids is 1. The number of benzene rings is 2. The number of aryl methyl sites for hydroxylation is 1. The van der Waals surface area contributed by atoms with E-state index >= 15 is 0 Å². The Morgan fingerprint density at radius 3 is 2.58 bits per heavy atom. The predicted molar refractivity (Wildman–Crippen MR) is 88.3 cm³/mol. The summed E-state index contributed by atoms with van der Waals surface area (Å²) in [5, 5.41) is 3.54. The van der Waals surface area contributed by atoms with Gasteiger partial charge in [0, 0.05) is 3.57 Å². The van der Waals surface area contributed by atoms with E-state index in [2.05, 4.69) is 27.9 Å². The van der Waals surface area contributed by atoms with Gasteiger partial charge in [0.25, 0.3) is 5.91 Å². The van der Waals surface area contributed by atoms with Crippen LogP contribution in [0.25, 0.3) is 0 Å². The molecule has 2 aromatic carbocycles. The Labute approximate surface area is 135 Å². The van der Waals surface area contributed by atoms with Gasteiger partial charge < -0.3 is 5.32 Å². The van der Waals surface area contributed by atoms with E-state index in [0.717, 1.165) is 9.13 Å². The summed E-state index contributed by atoms with van der Waals surface area (Å²) in [6.45, 7) is 1.96. The van der Waals surface area contributed by atoms with Crippen LogP contribution < -0.4 is 5.32 Å². The molecule has 0 atom stereocenters. The van der Waals surface area contributed by atoms with E-state index in [1.165, 1.54) is 0 Å². The third-order valence-corrected chi connectivity index (χ3v) is 4.89. The first-order chi connectivity index (χ1) is 9.00. The lowest BCUT2D eigenvalue weighted by Gasteiger charge is -2.10. The fourth-order valence-corrected chi connectivity index (χ4v) is 2.57. The molecule has 0 heterocycles. The lowest BCUT2D eigenvalue weighted by molar-refractivity contribution is 0.102. The molecule has 0 aliphatic carbocycles. The van der Waals surface area contributed by atoms with Crippen LogP contribution in [0.4, 0.5) is 5.69 Å². The summed E-state index contributed by atoms with van der Waals surface area (Å²) in [4.78, 5) is 12.2. The Balaban J connectivity index is 2.31. The highest BCUT2D eigenvalue weighted by atomic mass is 127. The van der Waals surface area contributed by atoms with Gasteiger partial charge in [-0.25, -0.2) is 0 Å². The Morgan fingerprint density at radius 1 is 1.16 bits per heavy atom. The zero-order valence-corrected chi connectivity index (χ0v) is 13.7. The Kier molecular flexibility index (Phi) is 4.71. The largest absolute Gasteiger partial charge is 0.321 e. The molecule has 0 aliphatic heterocycles. The number of anilines is 1. The molecular formula is C14H10Cl2INO. The minimum atomic E-state index is -0.197. The van der Waals surface area contributed by atoms with Gasteiger partial charge in [-0.15, -0.1) is 0 Å². The van der Waals surface area contributed by atoms with Gasteiger partial charge in [-0.3, -0.25) is 4.79 Å². The van der Waals surface area contributed by atoms with Gasteiger partial charge in [0.05, 0.1) is 21.3 Å². The first-order valence-electron chi connectivity index (χ1n) is 5.51. The minimum Gasteiger partial charge on any atom is -0.321 e. The molecule has 1 N–H and O–H groups in total. The summed E-state index contributed by atoms with van der Waals surface area (Å²) >= 11 is 14.1. The summed E-state index contributed by atoms with van der Waals surface area (Å²) in [7, 11) is 0. The molecule has 98 valence electrons. The van der Waals surface area contributed by atoms with E-state index in [0.29, 0.717) is 21.3 Å². The smallest absolute Gasteiger partial charge is 0.256 e. The molecule has 2 nitrogen and oxygen atoms in total. The van der Waals surface area contributed by atoms with E-state index in [4.69, 9.17) is 23.2 Å². The maximum absolute atomic E-state index is 12.2. The minimum absolute atomic E-state index is 0.197. The quantitative estimate of drug-likeness (QED) is 0.687. The predicted octanol–water partition coefficient (Wildman–Crippen LogP) is 5.16. The first kappa shape index (κ1) is 14.6. The van der Waals surface area contributed by atoms with Crippen molar-refractivity contribution in [2.75, 3.05) is 5.32 Å². The maximum Gasteiger partial charge on any atom is 0.256 e. The van der Waals surface area contributed by atoms with Gasteiger partial charge in [-0.1, -0.05) is 41.4 Å². The van der Waals surface area contributed by atoms with Gasteiger partial charge in [0.1, 0.15) is 0 Å². The van der Waals surface area contributed by atoms with E-state index in [9.17, 15) is 4.79 Å². The zero-order valence-electron chi connectivity index (χ0n) is 10.0. The average molecular weight is 406 g/mol. The molecule has 0 bridgehead atoms. The van der Waals surface area contributed by atoms with Crippen molar-refractivity contribution in [2.45, 2.75) is 6.92 Å². The summed E-state index contributed by atoms with van der Waals surface area (Å²) < 4.78 is 0.927. The van der Waals surface area contributed by atoms with Crippen molar-refractivity contribution in [2.24, 2.45) is 0 Å². The molecule has 2 aromatic rings. The zero-order chi connectivity index (χ0) is 14.0. The number of halogens is 3. The lowest BCUT2D eigenvalue weighted by Crippen LogP contribution is -2.14. The Bertz CT molecular complexity index is 643. The van der Waals surface area contributed by atoms with Crippen molar-refractivity contribution in [3.05, 3.63) is 61.1 Å². The Morgan fingerprint density at radius 2 is 1.84 bits per heavy atom. The Hall–Kier alpha value is -0.780. The molecule has 5 heteroatoms. The second-order valence-corrected chi connectivity index (χ2v) is 5.86. The van der Waals surface area contributed by atoms with Crippen molar-refractivity contribution < 1.29 is 4.79 Å². The van der Waals surface area contributed by atoms with Crippen LogP contribution in [0.5, 0.6) is 0 Å². The monoisotopic (exact) mass is 405 g/mol. The van der Waals surface area contributed by atoms with Crippen molar-refractivity contribution in [1.29, 1.82) is 0 Å². The average Bonchev–Trinajstić information content (AvgIpc) is 2.38. The molecule has 0 saturated heterocycles. The van der Waals surface area contributed by atoms with Gasteiger partial charge in [0.2, 0.25) is 0 Å². The highest BCUT2D eigenvalue weighted by Crippen LogP contribution is 2.30. The van der Waals surface area contributed by atoms with Crippen molar-refractivity contribution in [3.63, 3.8) is 0 Å². The number of hydrogen-bond acceptors (Lipinski definition) is 1. The van der Waals surface area contributed by atoms with Crippen LogP contribution in [0.2, 0.25) is 10.0 Å². The van der Waals surface area contributed by atoms with E-state index in [1.54, 1.807) is 24.3 Å². The second-order valence-electron chi connectivity index (χ2n) is 3.99. The normalized spacial score (nSPS) is 10.3. The van der Waals surface area contributed by atoms with Crippen LogP contribution >= 0.6 is 45.8 Å². The van der Waals surface area contributed by atoms with Gasteiger partial charge in [-0.05, 0) is 53.3 Å². The molecular weight excluding hydrogens is 396 g/mol. The van der Waals surface area contributed by atoms with Crippen molar-refractivity contribution >= 4 is 57.4 Å². The number of hydrogen-bond donors (Lipinski definition) is 1. The van der Waals surface area contributed by atoms with Crippen LogP contribution in [-0.4, -0.2) is 5.91 Å². The van der Waals surface area contributed by atoms with Crippen LogP contribution in [-0.2, 0) is 0 Å². The van der Waals surface area contributed by atoms with Crippen molar-refractivity contribution in [1.82, 2.24) is 0 Å². The lowest BCUT2D eigenvalue weighted by atomic mass is 10.1. The number of carbonyl (C=O) groups is 1. The highest BCUT2D eigenvalue weighted by Gasteiger charge is 2.13. The molecule has 0 saturated carbocycles. The van der Waals surface area contributed by atoms with E-state index < -0.39 is 0 Å². The topological polar surface area (TPSA) is 29.1 Å². The molecule has 0 aliphatic rings. The third kappa shape index (κ3) is 3.22. The molecule has 0 aromatic heterocycles. The summed E-state index contributed by atoms with van der Waals surface area (Å²) in [6.07, 6.45) is 0. The summed E-state index contributed by atoms with van der Waals surface area (Å²) in [5.41, 5.74) is 2.19. The molecule has 2 rings (SSSR count). The SMILES string of the molecule is Cc1cccc(C(=O)Nc2cccc(Cl)c2Cl)c1I. The third-order valence-electron chi connectivity index (χ3n) is 2.64. The standard InChI is InChI=1S/C14H10Cl2INO/c1-8-4-2-5-9(13(8)17)14(19)18-11-7-3-6-10(15)12(11)16/h2-7H,1H3,(H,18,19). The number of amides is 1. The first-order valence-corrected chi connectivity index (χ1v) is 7.34. The molecule has 19 heavy (non-hydrogen) atoms. The fraction of sp³-hybridized carbons (Fsp3) is 0.0714. The van der Waals surface area contributed by atoms with Crippen LogP contribution in [0.3, 0.4) is 0 Å². The second kappa shape index (κ2) is 6.11. The van der Waals surface area contributed by atoms with Gasteiger partial charge in [0.15, 0.2) is 0 Å². The van der Waals surface area contributed by atoms with Gasteiger partial charge >= 0.3 is 0 Å². The highest BCUT2D eigenvalue weighted by molar-refractivity contribution is 14.1. The van der Waals surface area contributed by atoms with Gasteiger partial charge in [-0.2, -0.15) is 0 Å². The molecule has 0 spiro atoms. The number of rotatable bonds is 2. The summed E-state index contributed by atoms with van der Waals surface area (Å²) in [6, 6.07) is 10.7. The molecule has 0 fully saturated rings. The summed E-state index contributed by atoms with van der Waals surface area (Å²) in [5.74, 6) is -0.197. The van der Waals surface area contributed by atoms with Crippen LogP contribution in [0.1, 0.15) is 15.9 Å². The number of nitrogens with one attached hydrogen (secondary N) is 1. The van der Waals surface area contributed by atoms with E-state index in [1.807, 2.05) is 19.1 Å². The molecule has 0 radical (unpaired) electrons. The molecule has 1 amide bonds. The molecule has 0 unspecified atom stereocenters. The maximum atomic E-state index is 12.2. The van der Waals surface area contributed by atoms with Crippen molar-refractivity contribution in [3.8, 4) is 0 Å². The van der Waals surface area contributed by atoms with E-state index in [-0.39, 0.29) is 5.91 Å². The fourth-order valence-electron chi connectivity index (χ4n) is 1.61. The van der Waals surface area contributed by atoms with Crippen LogP contribution in [0, 0.1) is 10.5 Å². The van der Waals surface area contributed by atoms with Crippen LogP contribution in [0.15, 0.2) is 36.4 Å².